The molecule has 142 valence electrons. The molecule has 0 aliphatic carbocycles. The average Bonchev–Trinajstić information content (AvgIpc) is 2.76. The van der Waals surface area contributed by atoms with Crippen LogP contribution in [0.3, 0.4) is 0 Å². The van der Waals surface area contributed by atoms with Crippen LogP contribution in [-0.2, 0) is 13.1 Å². The van der Waals surface area contributed by atoms with Gasteiger partial charge in [0.2, 0.25) is 0 Å². The maximum atomic E-state index is 12.4. The zero-order chi connectivity index (χ0) is 19.8. The van der Waals surface area contributed by atoms with Crippen molar-refractivity contribution in [1.82, 2.24) is 15.6 Å². The van der Waals surface area contributed by atoms with Crippen LogP contribution >= 0.6 is 0 Å². The number of benzene rings is 2. The van der Waals surface area contributed by atoms with Crippen LogP contribution in [0.25, 0.3) is 0 Å². The summed E-state index contributed by atoms with van der Waals surface area (Å²) in [7, 11) is 1.59. The fraction of sp³-hybridized carbons (Fsp3) is 0.136. The minimum Gasteiger partial charge on any atom is -0.496 e. The largest absolute Gasteiger partial charge is 0.496 e. The van der Waals surface area contributed by atoms with Crippen LogP contribution in [0.15, 0.2) is 73.1 Å². The summed E-state index contributed by atoms with van der Waals surface area (Å²) in [5.41, 5.74) is 2.51. The molecule has 0 bridgehead atoms. The minimum atomic E-state index is -0.309. The Morgan fingerprint density at radius 1 is 0.857 bits per heavy atom. The third kappa shape index (κ3) is 4.94. The van der Waals surface area contributed by atoms with Crippen molar-refractivity contribution in [2.45, 2.75) is 13.1 Å². The molecule has 2 amide bonds. The average molecular weight is 375 g/mol. The minimum absolute atomic E-state index is 0.282. The van der Waals surface area contributed by atoms with Crippen LogP contribution < -0.4 is 15.4 Å². The number of methoxy groups -OCH3 is 1. The van der Waals surface area contributed by atoms with E-state index in [1.54, 1.807) is 7.11 Å². The number of ether oxygens (including phenoxy) is 1. The van der Waals surface area contributed by atoms with Crippen LogP contribution in [0.2, 0.25) is 0 Å². The van der Waals surface area contributed by atoms with Gasteiger partial charge in [-0.2, -0.15) is 0 Å². The Kier molecular flexibility index (Phi) is 6.36. The summed E-state index contributed by atoms with van der Waals surface area (Å²) in [5.74, 6) is 0.113. The van der Waals surface area contributed by atoms with E-state index in [1.165, 1.54) is 18.5 Å². The Bertz CT molecular complexity index is 958. The molecule has 0 spiro atoms. The number of aromatic nitrogens is 1. The lowest BCUT2D eigenvalue weighted by atomic mass is 10.1. The molecule has 0 saturated carbocycles. The number of para-hydroxylation sites is 1. The predicted molar refractivity (Wildman–Crippen MR) is 106 cm³/mol. The molecule has 2 aromatic carbocycles. The van der Waals surface area contributed by atoms with Gasteiger partial charge in [-0.05, 0) is 17.7 Å². The highest BCUT2D eigenvalue weighted by atomic mass is 16.5. The molecule has 1 aromatic heterocycles. The van der Waals surface area contributed by atoms with E-state index >= 15 is 0 Å². The van der Waals surface area contributed by atoms with Crippen molar-refractivity contribution >= 4 is 11.8 Å². The Morgan fingerprint density at radius 2 is 1.46 bits per heavy atom. The number of carbonyl (C=O) groups excluding carboxylic acids is 2. The van der Waals surface area contributed by atoms with Gasteiger partial charge in [-0.25, -0.2) is 0 Å². The predicted octanol–water partition coefficient (Wildman–Crippen LogP) is 2.95. The van der Waals surface area contributed by atoms with E-state index in [4.69, 9.17) is 4.74 Å². The number of nitrogens with zero attached hydrogens (tertiary/aromatic N) is 1. The quantitative estimate of drug-likeness (QED) is 0.665. The van der Waals surface area contributed by atoms with Crippen LogP contribution in [0, 0.1) is 0 Å². The van der Waals surface area contributed by atoms with E-state index in [0.29, 0.717) is 30.0 Å². The first-order valence-electron chi connectivity index (χ1n) is 8.84. The van der Waals surface area contributed by atoms with Crippen molar-refractivity contribution in [3.63, 3.8) is 0 Å². The van der Waals surface area contributed by atoms with Gasteiger partial charge in [0.15, 0.2) is 0 Å². The molecule has 0 radical (unpaired) electrons. The zero-order valence-corrected chi connectivity index (χ0v) is 15.5. The molecule has 3 aromatic rings. The van der Waals surface area contributed by atoms with Crippen molar-refractivity contribution in [3.8, 4) is 5.75 Å². The monoisotopic (exact) mass is 375 g/mol. The molecule has 1 heterocycles. The zero-order valence-electron chi connectivity index (χ0n) is 15.5. The van der Waals surface area contributed by atoms with Crippen LogP contribution in [-0.4, -0.2) is 23.9 Å². The first-order valence-corrected chi connectivity index (χ1v) is 8.84. The fourth-order valence-corrected chi connectivity index (χ4v) is 2.70. The number of pyridine rings is 1. The van der Waals surface area contributed by atoms with E-state index < -0.39 is 0 Å². The topological polar surface area (TPSA) is 80.3 Å². The van der Waals surface area contributed by atoms with Crippen LogP contribution in [0.5, 0.6) is 5.75 Å². The Labute approximate surface area is 163 Å². The van der Waals surface area contributed by atoms with E-state index in [2.05, 4.69) is 15.6 Å². The molecular formula is C22H21N3O3. The lowest BCUT2D eigenvalue weighted by Gasteiger charge is -2.10. The van der Waals surface area contributed by atoms with Gasteiger partial charge in [-0.3, -0.25) is 14.6 Å². The Hall–Kier alpha value is -3.67. The van der Waals surface area contributed by atoms with Gasteiger partial charge in [0, 0.05) is 31.0 Å². The maximum Gasteiger partial charge on any atom is 0.253 e. The number of nitrogens with one attached hydrogen (secondary N) is 2. The third-order valence-corrected chi connectivity index (χ3v) is 4.19. The smallest absolute Gasteiger partial charge is 0.253 e. The second kappa shape index (κ2) is 9.32. The summed E-state index contributed by atoms with van der Waals surface area (Å²) in [6, 6.07) is 18.6. The number of amides is 2. The molecule has 0 atom stereocenters. The summed E-state index contributed by atoms with van der Waals surface area (Å²) < 4.78 is 5.28. The molecule has 0 fully saturated rings. The number of carbonyl (C=O) groups is 2. The molecule has 6 heteroatoms. The molecule has 2 N–H and O–H groups in total. The van der Waals surface area contributed by atoms with Crippen molar-refractivity contribution in [2.24, 2.45) is 0 Å². The van der Waals surface area contributed by atoms with Crippen molar-refractivity contribution in [2.75, 3.05) is 7.11 Å². The van der Waals surface area contributed by atoms with E-state index in [1.807, 2.05) is 54.6 Å². The van der Waals surface area contributed by atoms with Gasteiger partial charge in [-0.1, -0.05) is 48.5 Å². The summed E-state index contributed by atoms with van der Waals surface area (Å²) >= 11 is 0. The van der Waals surface area contributed by atoms with Crippen molar-refractivity contribution in [3.05, 3.63) is 95.3 Å². The Morgan fingerprint density at radius 3 is 2.14 bits per heavy atom. The normalized spacial score (nSPS) is 10.2. The van der Waals surface area contributed by atoms with Gasteiger partial charge in [0.25, 0.3) is 11.8 Å². The molecule has 3 rings (SSSR count). The van der Waals surface area contributed by atoms with E-state index in [-0.39, 0.29) is 11.8 Å². The number of rotatable bonds is 7. The Balaban J connectivity index is 1.61. The van der Waals surface area contributed by atoms with E-state index in [0.717, 1.165) is 11.1 Å². The standard InChI is InChI=1S/C22H21N3O3/c1-28-20-10-6-5-9-17(20)15-25-22(27)19-11-18(13-23-14-19)21(26)24-12-16-7-3-2-4-8-16/h2-11,13-14H,12,15H2,1H3,(H,24,26)(H,25,27). The molecule has 0 aliphatic rings. The molecule has 6 nitrogen and oxygen atoms in total. The second-order valence-corrected chi connectivity index (χ2v) is 6.13. The van der Waals surface area contributed by atoms with Gasteiger partial charge >= 0.3 is 0 Å². The summed E-state index contributed by atoms with van der Waals surface area (Å²) in [6.07, 6.45) is 2.88. The van der Waals surface area contributed by atoms with Gasteiger partial charge < -0.3 is 15.4 Å². The van der Waals surface area contributed by atoms with Gasteiger partial charge in [0.1, 0.15) is 5.75 Å². The SMILES string of the molecule is COc1ccccc1CNC(=O)c1cncc(C(=O)NCc2ccccc2)c1. The second-order valence-electron chi connectivity index (χ2n) is 6.13. The molecule has 0 aliphatic heterocycles. The molecule has 0 unspecified atom stereocenters. The summed E-state index contributed by atoms with van der Waals surface area (Å²) in [6.45, 7) is 0.719. The lowest BCUT2D eigenvalue weighted by molar-refractivity contribution is 0.0950. The highest BCUT2D eigenvalue weighted by molar-refractivity contribution is 5.99. The van der Waals surface area contributed by atoms with Gasteiger partial charge in [-0.15, -0.1) is 0 Å². The number of hydrogen-bond acceptors (Lipinski definition) is 4. The fourth-order valence-electron chi connectivity index (χ4n) is 2.70. The molecule has 28 heavy (non-hydrogen) atoms. The van der Waals surface area contributed by atoms with Crippen molar-refractivity contribution < 1.29 is 14.3 Å². The lowest BCUT2D eigenvalue weighted by Crippen LogP contribution is -2.25. The van der Waals surface area contributed by atoms with Crippen LogP contribution in [0.4, 0.5) is 0 Å². The van der Waals surface area contributed by atoms with E-state index in [9.17, 15) is 9.59 Å². The first-order chi connectivity index (χ1) is 13.7. The maximum absolute atomic E-state index is 12.4. The highest BCUT2D eigenvalue weighted by Gasteiger charge is 2.12. The third-order valence-electron chi connectivity index (χ3n) is 4.19. The van der Waals surface area contributed by atoms with Crippen LogP contribution in [0.1, 0.15) is 31.8 Å². The first kappa shape index (κ1) is 19.1. The van der Waals surface area contributed by atoms with Crippen molar-refractivity contribution in [1.29, 1.82) is 0 Å². The van der Waals surface area contributed by atoms with Gasteiger partial charge in [0.05, 0.1) is 18.2 Å². The number of hydrogen-bond donors (Lipinski definition) is 2. The molecular weight excluding hydrogens is 354 g/mol. The summed E-state index contributed by atoms with van der Waals surface area (Å²) in [5, 5.41) is 5.65. The highest BCUT2D eigenvalue weighted by Crippen LogP contribution is 2.17. The summed E-state index contributed by atoms with van der Waals surface area (Å²) in [4.78, 5) is 28.8. The molecule has 0 saturated heterocycles.